The number of carbonyl (C=O) groups excluding carboxylic acids is 1. The molecule has 0 atom stereocenters. The lowest BCUT2D eigenvalue weighted by molar-refractivity contribution is 0.0987. The molecule has 0 radical (unpaired) electrons. The first-order chi connectivity index (χ1) is 8.86. The molecule has 1 aliphatic rings. The van der Waals surface area contributed by atoms with Gasteiger partial charge in [-0.1, -0.05) is 30.3 Å². The number of nitrogens with one attached hydrogen (secondary N) is 1. The van der Waals surface area contributed by atoms with E-state index in [0.717, 1.165) is 23.5 Å². The molecule has 2 aromatic carbocycles. The third-order valence-electron chi connectivity index (χ3n) is 3.11. The molecule has 0 unspecified atom stereocenters. The molecule has 0 saturated carbocycles. The third kappa shape index (κ3) is 1.84. The van der Waals surface area contributed by atoms with Gasteiger partial charge in [0.25, 0.3) is 5.91 Å². The number of rotatable bonds is 1. The molecule has 0 aromatic heterocycles. The van der Waals surface area contributed by atoms with Crippen molar-refractivity contribution >= 4 is 17.3 Å². The molecule has 3 rings (SSSR count). The molecule has 0 spiro atoms. The molecule has 2 aromatic rings. The lowest BCUT2D eigenvalue weighted by Crippen LogP contribution is -2.38. The second-order valence-electron chi connectivity index (χ2n) is 4.27. The molecule has 1 N–H and O–H groups in total. The largest absolute Gasteiger partial charge is 0.382 e. The van der Waals surface area contributed by atoms with Crippen LogP contribution in [0.25, 0.3) is 0 Å². The van der Waals surface area contributed by atoms with Gasteiger partial charge in [0.1, 0.15) is 0 Å². The summed E-state index contributed by atoms with van der Waals surface area (Å²) >= 11 is 0. The quantitative estimate of drug-likeness (QED) is 0.828. The minimum absolute atomic E-state index is 0.0598. The summed E-state index contributed by atoms with van der Waals surface area (Å²) in [5, 5.41) is 3.31. The zero-order valence-electron chi connectivity index (χ0n) is 9.97. The van der Waals surface area contributed by atoms with Crippen LogP contribution in [0.4, 0.5) is 11.4 Å². The van der Waals surface area contributed by atoms with Gasteiger partial charge < -0.3 is 10.2 Å². The highest BCUT2D eigenvalue weighted by Gasteiger charge is 2.22. The van der Waals surface area contributed by atoms with Crippen molar-refractivity contribution in [1.29, 1.82) is 0 Å². The number of fused-ring (bicyclic) bond motifs is 1. The van der Waals surface area contributed by atoms with Crippen LogP contribution in [-0.4, -0.2) is 19.0 Å². The Labute approximate surface area is 106 Å². The molecule has 1 heterocycles. The van der Waals surface area contributed by atoms with E-state index >= 15 is 0 Å². The van der Waals surface area contributed by atoms with E-state index < -0.39 is 0 Å². The predicted molar refractivity (Wildman–Crippen MR) is 73.1 cm³/mol. The highest BCUT2D eigenvalue weighted by Crippen LogP contribution is 2.29. The number of para-hydroxylation sites is 2. The highest BCUT2D eigenvalue weighted by atomic mass is 16.2. The number of carbonyl (C=O) groups is 1. The lowest BCUT2D eigenvalue weighted by Gasteiger charge is -2.30. The van der Waals surface area contributed by atoms with Gasteiger partial charge in [-0.2, -0.15) is 0 Å². The van der Waals surface area contributed by atoms with E-state index in [1.807, 2.05) is 59.5 Å². The standard InChI is InChI=1S/C15H14N2O/c18-15(12-6-2-1-3-7-12)17-11-10-16-13-8-4-5-9-14(13)17/h1-9,16H,10-11H2. The number of hydrogen-bond donors (Lipinski definition) is 1. The van der Waals surface area contributed by atoms with E-state index in [1.165, 1.54) is 0 Å². The van der Waals surface area contributed by atoms with Crippen molar-refractivity contribution in [3.63, 3.8) is 0 Å². The molecule has 90 valence electrons. The van der Waals surface area contributed by atoms with Gasteiger partial charge in [-0.05, 0) is 24.3 Å². The Hall–Kier alpha value is -2.29. The first-order valence-corrected chi connectivity index (χ1v) is 6.06. The molecule has 3 nitrogen and oxygen atoms in total. The minimum atomic E-state index is 0.0598. The topological polar surface area (TPSA) is 32.3 Å². The van der Waals surface area contributed by atoms with E-state index in [4.69, 9.17) is 0 Å². The van der Waals surface area contributed by atoms with Gasteiger partial charge in [-0.15, -0.1) is 0 Å². The zero-order valence-corrected chi connectivity index (χ0v) is 9.97. The molecule has 0 saturated heterocycles. The van der Waals surface area contributed by atoms with Crippen LogP contribution in [0.2, 0.25) is 0 Å². The summed E-state index contributed by atoms with van der Waals surface area (Å²) in [7, 11) is 0. The molecular weight excluding hydrogens is 224 g/mol. The van der Waals surface area contributed by atoms with Crippen molar-refractivity contribution in [1.82, 2.24) is 0 Å². The van der Waals surface area contributed by atoms with Gasteiger partial charge in [0, 0.05) is 18.7 Å². The number of amides is 1. The van der Waals surface area contributed by atoms with Gasteiger partial charge in [0.2, 0.25) is 0 Å². The Morgan fingerprint density at radius 2 is 1.72 bits per heavy atom. The maximum atomic E-state index is 12.5. The first kappa shape index (κ1) is 10.8. The highest BCUT2D eigenvalue weighted by molar-refractivity contribution is 6.08. The molecular formula is C15H14N2O. The van der Waals surface area contributed by atoms with E-state index in [0.29, 0.717) is 6.54 Å². The fourth-order valence-corrected chi connectivity index (χ4v) is 2.23. The SMILES string of the molecule is O=C(c1ccccc1)N1CCNc2ccccc21. The van der Waals surface area contributed by atoms with Crippen LogP contribution in [0, 0.1) is 0 Å². The van der Waals surface area contributed by atoms with E-state index in [2.05, 4.69) is 5.32 Å². The fourth-order valence-electron chi connectivity index (χ4n) is 2.23. The Morgan fingerprint density at radius 3 is 2.56 bits per heavy atom. The van der Waals surface area contributed by atoms with Crippen LogP contribution in [0.15, 0.2) is 54.6 Å². The van der Waals surface area contributed by atoms with Crippen molar-refractivity contribution < 1.29 is 4.79 Å². The smallest absolute Gasteiger partial charge is 0.258 e. The monoisotopic (exact) mass is 238 g/mol. The number of nitrogens with zero attached hydrogens (tertiary/aromatic N) is 1. The zero-order chi connectivity index (χ0) is 12.4. The summed E-state index contributed by atoms with van der Waals surface area (Å²) in [6, 6.07) is 17.3. The number of anilines is 2. The lowest BCUT2D eigenvalue weighted by atomic mass is 10.1. The van der Waals surface area contributed by atoms with Crippen LogP contribution in [0.5, 0.6) is 0 Å². The van der Waals surface area contributed by atoms with Crippen LogP contribution in [0.3, 0.4) is 0 Å². The summed E-state index contributed by atoms with van der Waals surface area (Å²) < 4.78 is 0. The van der Waals surface area contributed by atoms with E-state index in [9.17, 15) is 4.79 Å². The van der Waals surface area contributed by atoms with Gasteiger partial charge >= 0.3 is 0 Å². The summed E-state index contributed by atoms with van der Waals surface area (Å²) in [5.74, 6) is 0.0598. The van der Waals surface area contributed by atoms with Crippen molar-refractivity contribution in [2.75, 3.05) is 23.3 Å². The van der Waals surface area contributed by atoms with Gasteiger partial charge in [-0.3, -0.25) is 4.79 Å². The summed E-state index contributed by atoms with van der Waals surface area (Å²) in [6.07, 6.45) is 0. The Morgan fingerprint density at radius 1 is 1.00 bits per heavy atom. The van der Waals surface area contributed by atoms with Crippen molar-refractivity contribution in [2.45, 2.75) is 0 Å². The maximum Gasteiger partial charge on any atom is 0.258 e. The van der Waals surface area contributed by atoms with Crippen LogP contribution in [-0.2, 0) is 0 Å². The second-order valence-corrected chi connectivity index (χ2v) is 4.27. The third-order valence-corrected chi connectivity index (χ3v) is 3.11. The number of hydrogen-bond acceptors (Lipinski definition) is 2. The molecule has 3 heteroatoms. The van der Waals surface area contributed by atoms with Gasteiger partial charge in [0.05, 0.1) is 11.4 Å². The Kier molecular flexibility index (Phi) is 2.73. The minimum Gasteiger partial charge on any atom is -0.382 e. The van der Waals surface area contributed by atoms with E-state index in [1.54, 1.807) is 0 Å². The van der Waals surface area contributed by atoms with Crippen molar-refractivity contribution in [3.05, 3.63) is 60.2 Å². The summed E-state index contributed by atoms with van der Waals surface area (Å²) in [4.78, 5) is 14.3. The average molecular weight is 238 g/mol. The predicted octanol–water partition coefficient (Wildman–Crippen LogP) is 2.76. The molecule has 0 bridgehead atoms. The normalized spacial score (nSPS) is 13.7. The molecule has 1 aliphatic heterocycles. The summed E-state index contributed by atoms with van der Waals surface area (Å²) in [6.45, 7) is 1.49. The van der Waals surface area contributed by atoms with Crippen molar-refractivity contribution in [2.24, 2.45) is 0 Å². The molecule has 0 aliphatic carbocycles. The Bertz CT molecular complexity index is 566. The van der Waals surface area contributed by atoms with E-state index in [-0.39, 0.29) is 5.91 Å². The average Bonchev–Trinajstić information content (AvgIpc) is 2.47. The second kappa shape index (κ2) is 4.53. The molecule has 0 fully saturated rings. The molecule has 1 amide bonds. The number of benzene rings is 2. The van der Waals surface area contributed by atoms with Gasteiger partial charge in [-0.25, -0.2) is 0 Å². The van der Waals surface area contributed by atoms with Gasteiger partial charge in [0.15, 0.2) is 0 Å². The molecule has 18 heavy (non-hydrogen) atoms. The van der Waals surface area contributed by atoms with Crippen LogP contribution >= 0.6 is 0 Å². The van der Waals surface area contributed by atoms with Crippen LogP contribution in [0.1, 0.15) is 10.4 Å². The van der Waals surface area contributed by atoms with Crippen molar-refractivity contribution in [3.8, 4) is 0 Å². The maximum absolute atomic E-state index is 12.5. The Balaban J connectivity index is 1.97. The fraction of sp³-hybridized carbons (Fsp3) is 0.133. The first-order valence-electron chi connectivity index (χ1n) is 6.06. The van der Waals surface area contributed by atoms with Crippen LogP contribution < -0.4 is 10.2 Å². The summed E-state index contributed by atoms with van der Waals surface area (Å²) in [5.41, 5.74) is 2.71.